The maximum atomic E-state index is 12.5. The van der Waals surface area contributed by atoms with Gasteiger partial charge in [-0.2, -0.15) is 13.2 Å². The molecule has 0 spiro atoms. The highest BCUT2D eigenvalue weighted by Crippen LogP contribution is 2.31. The van der Waals surface area contributed by atoms with Gasteiger partial charge in [0.1, 0.15) is 0 Å². The van der Waals surface area contributed by atoms with E-state index in [0.29, 0.717) is 5.56 Å². The van der Waals surface area contributed by atoms with Crippen LogP contribution in [0.1, 0.15) is 37.0 Å². The van der Waals surface area contributed by atoms with Crippen LogP contribution in [0.3, 0.4) is 0 Å². The van der Waals surface area contributed by atoms with Crippen LogP contribution in [0.2, 0.25) is 0 Å². The van der Waals surface area contributed by atoms with Crippen molar-refractivity contribution in [2.24, 2.45) is 5.92 Å². The van der Waals surface area contributed by atoms with Gasteiger partial charge in [-0.1, -0.05) is 19.1 Å². The molecule has 1 aromatic carbocycles. The number of rotatable bonds is 4. The highest BCUT2D eigenvalue weighted by Gasteiger charge is 2.30. The van der Waals surface area contributed by atoms with Gasteiger partial charge < -0.3 is 10.0 Å². The van der Waals surface area contributed by atoms with E-state index in [2.05, 4.69) is 4.90 Å². The van der Waals surface area contributed by atoms with Crippen molar-refractivity contribution >= 4 is 0 Å². The van der Waals surface area contributed by atoms with Gasteiger partial charge >= 0.3 is 6.18 Å². The van der Waals surface area contributed by atoms with Crippen LogP contribution in [0.5, 0.6) is 0 Å². The third-order valence-corrected chi connectivity index (χ3v) is 3.86. The smallest absolute Gasteiger partial charge is 0.388 e. The summed E-state index contributed by atoms with van der Waals surface area (Å²) in [6.07, 6.45) is -2.69. The molecular weight excluding hydrogens is 267 g/mol. The molecular formula is C15H20F3NO. The summed E-state index contributed by atoms with van der Waals surface area (Å²) in [6.45, 7) is 4.80. The molecule has 1 saturated heterocycles. The normalized spacial score (nSPS) is 20.1. The number of benzene rings is 1. The van der Waals surface area contributed by atoms with E-state index in [4.69, 9.17) is 0 Å². The first kappa shape index (κ1) is 15.3. The minimum absolute atomic E-state index is 0.00448. The van der Waals surface area contributed by atoms with Crippen molar-refractivity contribution in [3.05, 3.63) is 35.4 Å². The zero-order valence-electron chi connectivity index (χ0n) is 11.5. The van der Waals surface area contributed by atoms with Gasteiger partial charge in [-0.05, 0) is 49.5 Å². The fraction of sp³-hybridized carbons (Fsp3) is 0.600. The second-order valence-corrected chi connectivity index (χ2v) is 5.55. The lowest BCUT2D eigenvalue weighted by Gasteiger charge is -2.24. The van der Waals surface area contributed by atoms with Gasteiger partial charge in [0.25, 0.3) is 0 Å². The molecule has 2 rings (SSSR count). The molecule has 0 radical (unpaired) electrons. The summed E-state index contributed by atoms with van der Waals surface area (Å²) in [5.74, 6) is 0.00448. The average Bonchev–Trinajstić information content (AvgIpc) is 2.90. The molecule has 2 nitrogen and oxygen atoms in total. The molecule has 1 aliphatic rings. The monoisotopic (exact) mass is 287 g/mol. The predicted octanol–water partition coefficient (Wildman–Crippen LogP) is 3.47. The largest absolute Gasteiger partial charge is 0.416 e. The molecule has 0 bridgehead atoms. The second kappa shape index (κ2) is 6.14. The van der Waals surface area contributed by atoms with Gasteiger partial charge in [-0.15, -0.1) is 0 Å². The fourth-order valence-electron chi connectivity index (χ4n) is 2.67. The SMILES string of the molecule is C[C@H](CN1CCCC1)[C@H](O)c1ccc(C(F)(F)F)cc1. The molecule has 0 unspecified atom stereocenters. The zero-order valence-corrected chi connectivity index (χ0v) is 11.5. The maximum Gasteiger partial charge on any atom is 0.416 e. The summed E-state index contributed by atoms with van der Waals surface area (Å²) in [6, 6.07) is 4.80. The zero-order chi connectivity index (χ0) is 14.8. The highest BCUT2D eigenvalue weighted by molar-refractivity contribution is 5.26. The van der Waals surface area contributed by atoms with Crippen LogP contribution in [0.25, 0.3) is 0 Å². The molecule has 1 fully saturated rings. The van der Waals surface area contributed by atoms with Crippen molar-refractivity contribution in [3.63, 3.8) is 0 Å². The molecule has 0 aromatic heterocycles. The standard InChI is InChI=1S/C15H20F3NO/c1-11(10-19-8-2-3-9-19)14(20)12-4-6-13(7-5-12)15(16,17)18/h4-7,11,14,20H,2-3,8-10H2,1H3/t11-,14+/m1/s1. The fourth-order valence-corrected chi connectivity index (χ4v) is 2.67. The Labute approximate surface area is 117 Å². The molecule has 1 N–H and O–H groups in total. The van der Waals surface area contributed by atoms with Gasteiger partial charge in [0.05, 0.1) is 11.7 Å². The molecule has 1 heterocycles. The van der Waals surface area contributed by atoms with E-state index in [-0.39, 0.29) is 5.92 Å². The first-order chi connectivity index (χ1) is 9.38. The van der Waals surface area contributed by atoms with Crippen molar-refractivity contribution in [1.82, 2.24) is 4.90 Å². The Kier molecular flexibility index (Phi) is 4.70. The Morgan fingerprint density at radius 3 is 2.20 bits per heavy atom. The van der Waals surface area contributed by atoms with E-state index < -0.39 is 17.8 Å². The third-order valence-electron chi connectivity index (χ3n) is 3.86. The first-order valence-corrected chi connectivity index (χ1v) is 6.95. The minimum atomic E-state index is -4.33. The number of hydrogen-bond donors (Lipinski definition) is 1. The Balaban J connectivity index is 1.99. The topological polar surface area (TPSA) is 23.5 Å². The van der Waals surface area contributed by atoms with Crippen LogP contribution in [-0.4, -0.2) is 29.6 Å². The van der Waals surface area contributed by atoms with Crippen molar-refractivity contribution in [1.29, 1.82) is 0 Å². The van der Waals surface area contributed by atoms with Crippen molar-refractivity contribution < 1.29 is 18.3 Å². The number of halogens is 3. The average molecular weight is 287 g/mol. The molecule has 0 amide bonds. The van der Waals surface area contributed by atoms with Crippen LogP contribution >= 0.6 is 0 Å². The second-order valence-electron chi connectivity index (χ2n) is 5.55. The molecule has 20 heavy (non-hydrogen) atoms. The number of alkyl halides is 3. The minimum Gasteiger partial charge on any atom is -0.388 e. The molecule has 5 heteroatoms. The van der Waals surface area contributed by atoms with Crippen molar-refractivity contribution in [2.45, 2.75) is 32.0 Å². The third kappa shape index (κ3) is 3.73. The summed E-state index contributed by atoms with van der Waals surface area (Å²) < 4.78 is 37.4. The summed E-state index contributed by atoms with van der Waals surface area (Å²) in [4.78, 5) is 2.29. The molecule has 1 aromatic rings. The van der Waals surface area contributed by atoms with Gasteiger partial charge in [-0.3, -0.25) is 0 Å². The molecule has 2 atom stereocenters. The molecule has 112 valence electrons. The van der Waals surface area contributed by atoms with Gasteiger partial charge in [0.2, 0.25) is 0 Å². The molecule has 0 saturated carbocycles. The van der Waals surface area contributed by atoms with Gasteiger partial charge in [-0.25, -0.2) is 0 Å². The lowest BCUT2D eigenvalue weighted by atomic mass is 9.96. The van der Waals surface area contributed by atoms with E-state index in [9.17, 15) is 18.3 Å². The number of nitrogens with zero attached hydrogens (tertiary/aromatic N) is 1. The number of hydrogen-bond acceptors (Lipinski definition) is 2. The molecule has 0 aliphatic carbocycles. The summed E-state index contributed by atoms with van der Waals surface area (Å²) >= 11 is 0. The van der Waals surface area contributed by atoms with Crippen LogP contribution < -0.4 is 0 Å². The lowest BCUT2D eigenvalue weighted by Crippen LogP contribution is -2.28. The Bertz CT molecular complexity index is 424. The predicted molar refractivity (Wildman–Crippen MR) is 71.2 cm³/mol. The van der Waals surface area contributed by atoms with Gasteiger partial charge in [0, 0.05) is 6.54 Å². The number of likely N-dealkylation sites (tertiary alicyclic amines) is 1. The maximum absolute atomic E-state index is 12.5. The van der Waals surface area contributed by atoms with Crippen LogP contribution in [0.4, 0.5) is 13.2 Å². The van der Waals surface area contributed by atoms with Crippen LogP contribution in [-0.2, 0) is 6.18 Å². The van der Waals surface area contributed by atoms with Crippen molar-refractivity contribution in [3.8, 4) is 0 Å². The number of aliphatic hydroxyl groups excluding tert-OH is 1. The quantitative estimate of drug-likeness (QED) is 0.916. The molecule has 1 aliphatic heterocycles. The highest BCUT2D eigenvalue weighted by atomic mass is 19.4. The Hall–Kier alpha value is -1.07. The summed E-state index contributed by atoms with van der Waals surface area (Å²) in [7, 11) is 0. The summed E-state index contributed by atoms with van der Waals surface area (Å²) in [5, 5.41) is 10.2. The number of aliphatic hydroxyl groups is 1. The van der Waals surface area contributed by atoms with E-state index in [0.717, 1.165) is 31.8 Å². The Morgan fingerprint density at radius 1 is 1.15 bits per heavy atom. The van der Waals surface area contributed by atoms with Gasteiger partial charge in [0.15, 0.2) is 0 Å². The van der Waals surface area contributed by atoms with E-state index in [1.165, 1.54) is 25.0 Å². The lowest BCUT2D eigenvalue weighted by molar-refractivity contribution is -0.137. The Morgan fingerprint density at radius 2 is 1.70 bits per heavy atom. The van der Waals surface area contributed by atoms with E-state index >= 15 is 0 Å². The van der Waals surface area contributed by atoms with E-state index in [1.54, 1.807) is 0 Å². The van der Waals surface area contributed by atoms with Crippen molar-refractivity contribution in [2.75, 3.05) is 19.6 Å². The first-order valence-electron chi connectivity index (χ1n) is 6.95. The summed E-state index contributed by atoms with van der Waals surface area (Å²) in [5.41, 5.74) is -0.134. The van der Waals surface area contributed by atoms with Crippen LogP contribution in [0, 0.1) is 5.92 Å². The van der Waals surface area contributed by atoms with E-state index in [1.807, 2.05) is 6.92 Å². The van der Waals surface area contributed by atoms with Crippen LogP contribution in [0.15, 0.2) is 24.3 Å².